The Balaban J connectivity index is 2.04. The van der Waals surface area contributed by atoms with Crippen LogP contribution in [0.3, 0.4) is 0 Å². The summed E-state index contributed by atoms with van der Waals surface area (Å²) in [6.45, 7) is 5.58. The third kappa shape index (κ3) is 3.37. The number of methoxy groups -OCH3 is 1. The summed E-state index contributed by atoms with van der Waals surface area (Å²) in [6, 6.07) is 0. The molecule has 1 aromatic heterocycles. The second kappa shape index (κ2) is 5.92. The zero-order chi connectivity index (χ0) is 13.8. The molecule has 7 nitrogen and oxygen atoms in total. The van der Waals surface area contributed by atoms with E-state index in [1.54, 1.807) is 0 Å². The molecule has 0 amide bonds. The molecule has 0 bridgehead atoms. The summed E-state index contributed by atoms with van der Waals surface area (Å²) in [6.07, 6.45) is 0.0528. The molecule has 0 spiro atoms. The zero-order valence-corrected chi connectivity index (χ0v) is 11.4. The van der Waals surface area contributed by atoms with Gasteiger partial charge in [-0.25, -0.2) is 4.98 Å². The summed E-state index contributed by atoms with van der Waals surface area (Å²) in [5, 5.41) is 8.16. The first-order valence-corrected chi connectivity index (χ1v) is 6.21. The largest absolute Gasteiger partial charge is 0.469 e. The topological polar surface area (TPSA) is 77.4 Å². The summed E-state index contributed by atoms with van der Waals surface area (Å²) in [5.74, 6) is 0.312. The monoisotopic (exact) mass is 266 g/mol. The molecule has 1 aromatic rings. The van der Waals surface area contributed by atoms with Crippen molar-refractivity contribution in [3.05, 3.63) is 11.4 Å². The van der Waals surface area contributed by atoms with E-state index < -0.39 is 0 Å². The molecular weight excluding hydrogens is 248 g/mol. The lowest BCUT2D eigenvalue weighted by Gasteiger charge is -2.32. The van der Waals surface area contributed by atoms with Crippen molar-refractivity contribution >= 4 is 11.9 Å². The zero-order valence-electron chi connectivity index (χ0n) is 11.4. The van der Waals surface area contributed by atoms with Crippen molar-refractivity contribution in [1.82, 2.24) is 15.2 Å². The molecule has 1 unspecified atom stereocenters. The fourth-order valence-electron chi connectivity index (χ4n) is 1.87. The molecule has 1 aliphatic heterocycles. The maximum atomic E-state index is 11.3. The van der Waals surface area contributed by atoms with E-state index in [1.807, 2.05) is 18.7 Å². The maximum absolute atomic E-state index is 11.3. The SMILES string of the molecule is COC(=O)CC1CN(c2nnc(C)c(C)n2)CCO1. The van der Waals surface area contributed by atoms with Crippen LogP contribution in [0.15, 0.2) is 0 Å². The van der Waals surface area contributed by atoms with E-state index in [0.29, 0.717) is 25.6 Å². The minimum atomic E-state index is -0.272. The molecule has 2 heterocycles. The Morgan fingerprint density at radius 3 is 2.89 bits per heavy atom. The van der Waals surface area contributed by atoms with Crippen LogP contribution in [0.1, 0.15) is 17.8 Å². The van der Waals surface area contributed by atoms with Gasteiger partial charge in [-0.2, -0.15) is 5.10 Å². The van der Waals surface area contributed by atoms with Gasteiger partial charge in [-0.3, -0.25) is 4.79 Å². The van der Waals surface area contributed by atoms with Crippen LogP contribution >= 0.6 is 0 Å². The lowest BCUT2D eigenvalue weighted by Crippen LogP contribution is -2.44. The number of hydrogen-bond donors (Lipinski definition) is 0. The summed E-state index contributed by atoms with van der Waals surface area (Å²) < 4.78 is 10.2. The summed E-state index contributed by atoms with van der Waals surface area (Å²) in [7, 11) is 1.37. The summed E-state index contributed by atoms with van der Waals surface area (Å²) in [4.78, 5) is 17.7. The van der Waals surface area contributed by atoms with Gasteiger partial charge in [0.1, 0.15) is 0 Å². The van der Waals surface area contributed by atoms with Crippen LogP contribution in [0.5, 0.6) is 0 Å². The van der Waals surface area contributed by atoms with E-state index in [9.17, 15) is 4.79 Å². The van der Waals surface area contributed by atoms with Gasteiger partial charge >= 0.3 is 5.97 Å². The lowest BCUT2D eigenvalue weighted by molar-refractivity contribution is -0.144. The molecule has 1 fully saturated rings. The second-order valence-electron chi connectivity index (χ2n) is 4.50. The first-order valence-electron chi connectivity index (χ1n) is 6.21. The van der Waals surface area contributed by atoms with Crippen LogP contribution in [-0.2, 0) is 14.3 Å². The fourth-order valence-corrected chi connectivity index (χ4v) is 1.87. The molecule has 2 rings (SSSR count). The number of hydrogen-bond acceptors (Lipinski definition) is 7. The predicted octanol–water partition coefficient (Wildman–Crippen LogP) is 0.257. The van der Waals surface area contributed by atoms with E-state index in [1.165, 1.54) is 7.11 Å². The number of carbonyl (C=O) groups excluding carboxylic acids is 1. The quantitative estimate of drug-likeness (QED) is 0.726. The number of aryl methyl sites for hydroxylation is 2. The van der Waals surface area contributed by atoms with Crippen LogP contribution in [0, 0.1) is 13.8 Å². The van der Waals surface area contributed by atoms with Crippen LogP contribution in [0.25, 0.3) is 0 Å². The highest BCUT2D eigenvalue weighted by Gasteiger charge is 2.25. The molecule has 1 atom stereocenters. The molecule has 0 radical (unpaired) electrons. The number of rotatable bonds is 3. The molecule has 1 aliphatic rings. The van der Waals surface area contributed by atoms with Gasteiger partial charge in [0.2, 0.25) is 5.95 Å². The predicted molar refractivity (Wildman–Crippen MR) is 67.9 cm³/mol. The molecule has 0 aromatic carbocycles. The fraction of sp³-hybridized carbons (Fsp3) is 0.667. The number of esters is 1. The average molecular weight is 266 g/mol. The number of morpholine rings is 1. The van der Waals surface area contributed by atoms with Gasteiger partial charge in [0.15, 0.2) is 0 Å². The molecule has 0 aliphatic carbocycles. The van der Waals surface area contributed by atoms with Gasteiger partial charge in [0, 0.05) is 13.1 Å². The van der Waals surface area contributed by atoms with Crippen LogP contribution in [0.4, 0.5) is 5.95 Å². The Bertz CT molecular complexity index is 466. The Morgan fingerprint density at radius 1 is 1.42 bits per heavy atom. The van der Waals surface area contributed by atoms with Crippen molar-refractivity contribution < 1.29 is 14.3 Å². The first kappa shape index (κ1) is 13.7. The number of nitrogens with zero attached hydrogens (tertiary/aromatic N) is 4. The van der Waals surface area contributed by atoms with Gasteiger partial charge in [-0.15, -0.1) is 5.10 Å². The normalized spacial score (nSPS) is 19.3. The van der Waals surface area contributed by atoms with Gasteiger partial charge in [0.05, 0.1) is 37.6 Å². The molecular formula is C12H18N4O3. The number of aromatic nitrogens is 3. The minimum Gasteiger partial charge on any atom is -0.469 e. The Kier molecular flexibility index (Phi) is 4.26. The molecule has 0 saturated carbocycles. The molecule has 104 valence electrons. The standard InChI is InChI=1S/C12H18N4O3/c1-8-9(2)14-15-12(13-8)16-4-5-19-10(7-16)6-11(17)18-3/h10H,4-7H2,1-3H3. The van der Waals surface area contributed by atoms with Crippen molar-refractivity contribution in [3.63, 3.8) is 0 Å². The van der Waals surface area contributed by atoms with Crippen molar-refractivity contribution in [2.24, 2.45) is 0 Å². The van der Waals surface area contributed by atoms with Crippen molar-refractivity contribution in [2.75, 3.05) is 31.7 Å². The minimum absolute atomic E-state index is 0.189. The maximum Gasteiger partial charge on any atom is 0.308 e. The molecule has 1 saturated heterocycles. The summed E-state index contributed by atoms with van der Waals surface area (Å²) in [5.41, 5.74) is 1.68. The van der Waals surface area contributed by atoms with E-state index in [-0.39, 0.29) is 18.5 Å². The second-order valence-corrected chi connectivity index (χ2v) is 4.50. The molecule has 19 heavy (non-hydrogen) atoms. The molecule has 7 heteroatoms. The van der Waals surface area contributed by atoms with Gasteiger partial charge in [0.25, 0.3) is 0 Å². The number of anilines is 1. The lowest BCUT2D eigenvalue weighted by atomic mass is 10.2. The smallest absolute Gasteiger partial charge is 0.308 e. The van der Waals surface area contributed by atoms with E-state index in [2.05, 4.69) is 19.9 Å². The van der Waals surface area contributed by atoms with Gasteiger partial charge in [-0.05, 0) is 13.8 Å². The Hall–Kier alpha value is -1.76. The van der Waals surface area contributed by atoms with E-state index in [0.717, 1.165) is 11.4 Å². The van der Waals surface area contributed by atoms with Gasteiger partial charge in [-0.1, -0.05) is 0 Å². The average Bonchev–Trinajstić information content (AvgIpc) is 2.42. The van der Waals surface area contributed by atoms with Crippen molar-refractivity contribution in [1.29, 1.82) is 0 Å². The first-order chi connectivity index (χ1) is 9.10. The van der Waals surface area contributed by atoms with Crippen molar-refractivity contribution in [2.45, 2.75) is 26.4 Å². The highest BCUT2D eigenvalue weighted by atomic mass is 16.5. The van der Waals surface area contributed by atoms with E-state index >= 15 is 0 Å². The summed E-state index contributed by atoms with van der Waals surface area (Å²) >= 11 is 0. The van der Waals surface area contributed by atoms with Crippen LogP contribution in [0.2, 0.25) is 0 Å². The van der Waals surface area contributed by atoms with Gasteiger partial charge < -0.3 is 14.4 Å². The number of carbonyl (C=O) groups is 1. The van der Waals surface area contributed by atoms with Crippen LogP contribution in [-0.4, -0.2) is 54.1 Å². The third-order valence-corrected chi connectivity index (χ3v) is 3.12. The highest BCUT2D eigenvalue weighted by Crippen LogP contribution is 2.15. The van der Waals surface area contributed by atoms with Crippen LogP contribution < -0.4 is 4.90 Å². The highest BCUT2D eigenvalue weighted by molar-refractivity contribution is 5.69. The molecule has 0 N–H and O–H groups in total. The Labute approximate surface area is 111 Å². The third-order valence-electron chi connectivity index (χ3n) is 3.12. The van der Waals surface area contributed by atoms with E-state index in [4.69, 9.17) is 4.74 Å². The Morgan fingerprint density at radius 2 is 2.21 bits per heavy atom. The van der Waals surface area contributed by atoms with Crippen molar-refractivity contribution in [3.8, 4) is 0 Å². The number of ether oxygens (including phenoxy) is 2.